The molecule has 2 aromatic carbocycles. The number of benzene rings is 2. The lowest BCUT2D eigenvalue weighted by Gasteiger charge is -2.18. The number of rotatable bonds is 8. The normalized spacial score (nSPS) is 18.0. The number of carboxylic acids is 1. The number of carbonyl (C=O) groups is 1. The Hall–Kier alpha value is -2.39. The van der Waals surface area contributed by atoms with Gasteiger partial charge in [0.15, 0.2) is 11.5 Å². The van der Waals surface area contributed by atoms with Crippen molar-refractivity contribution in [1.82, 2.24) is 0 Å². The highest BCUT2D eigenvalue weighted by Crippen LogP contribution is 2.58. The van der Waals surface area contributed by atoms with Crippen LogP contribution in [0.3, 0.4) is 0 Å². The van der Waals surface area contributed by atoms with Crippen LogP contribution in [0.2, 0.25) is 0 Å². The number of ether oxygens (including phenoxy) is 5. The molecule has 0 spiro atoms. The monoisotopic (exact) mass is 452 g/mol. The third-order valence-corrected chi connectivity index (χ3v) is 8.10. The highest BCUT2D eigenvalue weighted by molar-refractivity contribution is 8.19. The summed E-state index contributed by atoms with van der Waals surface area (Å²) in [6.07, 6.45) is 0. The van der Waals surface area contributed by atoms with Crippen molar-refractivity contribution in [2.45, 2.75) is 9.83 Å². The van der Waals surface area contributed by atoms with E-state index in [2.05, 4.69) is 0 Å². The number of thioether (sulfide) groups is 2. The fraction of sp³-hybridized carbons (Fsp3) is 0.381. The maximum atomic E-state index is 11.6. The van der Waals surface area contributed by atoms with E-state index in [-0.39, 0.29) is 15.4 Å². The maximum absolute atomic E-state index is 11.6. The van der Waals surface area contributed by atoms with E-state index in [1.165, 1.54) is 14.2 Å². The molecule has 1 heterocycles. The molecule has 0 saturated carbocycles. The minimum absolute atomic E-state index is 0.0283. The lowest BCUT2D eigenvalue weighted by Crippen LogP contribution is -2.06. The van der Waals surface area contributed by atoms with E-state index in [0.29, 0.717) is 28.7 Å². The van der Waals surface area contributed by atoms with Crippen LogP contribution in [0.1, 0.15) is 31.3 Å². The van der Waals surface area contributed by atoms with Gasteiger partial charge in [0.05, 0.1) is 40.1 Å². The van der Waals surface area contributed by atoms with E-state index in [0.717, 1.165) is 16.9 Å². The smallest absolute Gasteiger partial charge is 0.343 e. The van der Waals surface area contributed by atoms with Crippen LogP contribution in [0.4, 0.5) is 0 Å². The van der Waals surface area contributed by atoms with Crippen LogP contribution in [0.25, 0.3) is 0 Å². The number of hydrogen-bond donors (Lipinski definition) is 1. The van der Waals surface area contributed by atoms with E-state index >= 15 is 0 Å². The van der Waals surface area contributed by atoms with Crippen molar-refractivity contribution in [3.05, 3.63) is 41.0 Å². The van der Waals surface area contributed by atoms with Gasteiger partial charge < -0.3 is 28.8 Å². The highest BCUT2D eigenvalue weighted by atomic mass is 32.2. The fourth-order valence-electron chi connectivity index (χ4n) is 3.32. The van der Waals surface area contributed by atoms with Crippen molar-refractivity contribution < 1.29 is 33.6 Å². The summed E-state index contributed by atoms with van der Waals surface area (Å²) in [6.45, 7) is 0. The van der Waals surface area contributed by atoms with Crippen molar-refractivity contribution in [2.24, 2.45) is 0 Å². The Morgan fingerprint density at radius 1 is 0.833 bits per heavy atom. The highest BCUT2D eigenvalue weighted by Gasteiger charge is 2.32. The Kier molecular flexibility index (Phi) is 7.14. The van der Waals surface area contributed by atoms with Crippen LogP contribution < -0.4 is 23.7 Å². The zero-order valence-electron chi connectivity index (χ0n) is 17.4. The molecule has 0 bridgehead atoms. The second-order valence-corrected chi connectivity index (χ2v) is 9.10. The quantitative estimate of drug-likeness (QED) is 0.615. The molecular weight excluding hydrogens is 428 g/mol. The molecule has 2 aromatic rings. The van der Waals surface area contributed by atoms with Gasteiger partial charge in [-0.15, -0.1) is 23.5 Å². The first kappa shape index (κ1) is 22.3. The topological polar surface area (TPSA) is 83.5 Å². The summed E-state index contributed by atoms with van der Waals surface area (Å²) in [6, 6.07) is 7.48. The van der Waals surface area contributed by atoms with Gasteiger partial charge in [0, 0.05) is 11.0 Å². The summed E-state index contributed by atoms with van der Waals surface area (Å²) in [4.78, 5) is 11.6. The Balaban J connectivity index is 1.91. The molecule has 0 unspecified atom stereocenters. The van der Waals surface area contributed by atoms with Gasteiger partial charge in [0.25, 0.3) is 0 Å². The van der Waals surface area contributed by atoms with Gasteiger partial charge in [-0.25, -0.2) is 4.79 Å². The third-order valence-electron chi connectivity index (χ3n) is 4.76. The molecule has 7 nitrogen and oxygen atoms in total. The van der Waals surface area contributed by atoms with E-state index < -0.39 is 5.97 Å². The van der Waals surface area contributed by atoms with Crippen LogP contribution in [-0.4, -0.2) is 52.4 Å². The van der Waals surface area contributed by atoms with Crippen molar-refractivity contribution in [3.63, 3.8) is 0 Å². The molecule has 1 N–H and O–H groups in total. The third kappa shape index (κ3) is 4.22. The predicted molar refractivity (Wildman–Crippen MR) is 118 cm³/mol. The summed E-state index contributed by atoms with van der Waals surface area (Å²) >= 11 is 3.57. The first-order valence-corrected chi connectivity index (χ1v) is 11.0. The standard InChI is InChI=1S/C21H24O7S2/c1-24-13-6-11(7-14(25-2)18(13)20(22)23)17-10-29-21(30-17)12-8-15(26-3)19(28-5)16(9-12)27-4/h6-9,17,21H,10H2,1-5H3,(H,22,23)/t17-,21+/m0/s1. The lowest BCUT2D eigenvalue weighted by molar-refractivity contribution is 0.0689. The molecule has 1 aliphatic heterocycles. The Morgan fingerprint density at radius 3 is 1.77 bits per heavy atom. The molecule has 30 heavy (non-hydrogen) atoms. The molecule has 0 aliphatic carbocycles. The largest absolute Gasteiger partial charge is 0.496 e. The fourth-order valence-corrected chi connectivity index (χ4v) is 6.58. The van der Waals surface area contributed by atoms with Crippen molar-refractivity contribution in [2.75, 3.05) is 41.3 Å². The maximum Gasteiger partial charge on any atom is 0.343 e. The first-order valence-electron chi connectivity index (χ1n) is 9.03. The molecule has 2 atom stereocenters. The van der Waals surface area contributed by atoms with Gasteiger partial charge in [0.1, 0.15) is 17.1 Å². The molecule has 1 fully saturated rings. The SMILES string of the molecule is COc1cc([C@@H]2SC[C@@H](c3cc(OC)c(C(=O)O)c(OC)c3)S2)cc(OC)c1OC. The van der Waals surface area contributed by atoms with E-state index in [4.69, 9.17) is 23.7 Å². The van der Waals surface area contributed by atoms with Gasteiger partial charge in [-0.05, 0) is 35.4 Å². The van der Waals surface area contributed by atoms with Gasteiger partial charge in [-0.3, -0.25) is 0 Å². The first-order chi connectivity index (χ1) is 14.5. The summed E-state index contributed by atoms with van der Waals surface area (Å²) in [5.74, 6) is 2.14. The average molecular weight is 453 g/mol. The number of carboxylic acid groups (broad SMARTS) is 1. The lowest BCUT2D eigenvalue weighted by atomic mass is 10.1. The molecule has 9 heteroatoms. The number of hydrogen-bond acceptors (Lipinski definition) is 8. The molecule has 0 radical (unpaired) electrons. The van der Waals surface area contributed by atoms with Gasteiger partial charge in [-0.2, -0.15) is 0 Å². The van der Waals surface area contributed by atoms with Crippen LogP contribution in [0.15, 0.2) is 24.3 Å². The van der Waals surface area contributed by atoms with Crippen LogP contribution in [-0.2, 0) is 0 Å². The minimum atomic E-state index is -1.08. The number of aromatic carboxylic acids is 1. The van der Waals surface area contributed by atoms with Crippen molar-refractivity contribution in [1.29, 1.82) is 0 Å². The zero-order chi connectivity index (χ0) is 21.8. The Morgan fingerprint density at radius 2 is 1.33 bits per heavy atom. The van der Waals surface area contributed by atoms with Gasteiger partial charge in [-0.1, -0.05) is 0 Å². The molecule has 1 saturated heterocycles. The molecule has 1 aliphatic rings. The predicted octanol–water partition coefficient (Wildman–Crippen LogP) is 4.65. The number of methoxy groups -OCH3 is 5. The van der Waals surface area contributed by atoms with E-state index in [1.807, 2.05) is 12.1 Å². The molecule has 0 amide bonds. The summed E-state index contributed by atoms with van der Waals surface area (Å²) in [5, 5.41) is 9.64. The molecule has 162 valence electrons. The molecular formula is C21H24O7S2. The van der Waals surface area contributed by atoms with E-state index in [1.54, 1.807) is 57.0 Å². The molecule has 3 rings (SSSR count). The zero-order valence-corrected chi connectivity index (χ0v) is 19.0. The molecule has 0 aromatic heterocycles. The second-order valence-electron chi connectivity index (χ2n) is 6.35. The Bertz CT molecular complexity index is 882. The summed E-state index contributed by atoms with van der Waals surface area (Å²) in [5.41, 5.74) is 2.05. The summed E-state index contributed by atoms with van der Waals surface area (Å²) < 4.78 is 27.2. The Labute approximate surface area is 184 Å². The minimum Gasteiger partial charge on any atom is -0.496 e. The second kappa shape index (κ2) is 9.61. The van der Waals surface area contributed by atoms with Crippen LogP contribution >= 0.6 is 23.5 Å². The van der Waals surface area contributed by atoms with Crippen molar-refractivity contribution in [3.8, 4) is 28.7 Å². The van der Waals surface area contributed by atoms with Crippen LogP contribution in [0, 0.1) is 0 Å². The van der Waals surface area contributed by atoms with Gasteiger partial charge in [0.2, 0.25) is 5.75 Å². The average Bonchev–Trinajstić information content (AvgIpc) is 3.27. The van der Waals surface area contributed by atoms with E-state index in [9.17, 15) is 9.90 Å². The van der Waals surface area contributed by atoms with Crippen molar-refractivity contribution >= 4 is 29.5 Å². The summed E-state index contributed by atoms with van der Waals surface area (Å²) in [7, 11) is 7.69. The van der Waals surface area contributed by atoms with Crippen LogP contribution in [0.5, 0.6) is 28.7 Å². The van der Waals surface area contributed by atoms with Gasteiger partial charge >= 0.3 is 5.97 Å².